The lowest BCUT2D eigenvalue weighted by Gasteiger charge is -2.29. The van der Waals surface area contributed by atoms with Gasteiger partial charge in [0, 0.05) is 45.8 Å². The normalized spacial score (nSPS) is 17.0. The minimum Gasteiger partial charge on any atom is -0.168 e. The second-order valence-corrected chi connectivity index (χ2v) is 28.1. The van der Waals surface area contributed by atoms with Crippen molar-refractivity contribution < 1.29 is 0 Å². The topological polar surface area (TPSA) is 0 Å². The second-order valence-electron chi connectivity index (χ2n) is 6.41. The van der Waals surface area contributed by atoms with Gasteiger partial charge in [0.2, 0.25) is 0 Å². The van der Waals surface area contributed by atoms with Gasteiger partial charge in [-0.15, -0.1) is 141 Å². The minimum atomic E-state index is 0.561. The monoisotopic (exact) mass is 828 g/mol. The Morgan fingerprint density at radius 1 is 0.472 bits per heavy atom. The SMILES string of the molecule is SCSC(CC(SCS)SCSC(CC1SCS1)SCSC(CC(SCS)SCS)SCS)SCS. The van der Waals surface area contributed by atoms with Crippen LogP contribution in [-0.2, 0) is 0 Å². The van der Waals surface area contributed by atoms with Gasteiger partial charge in [0.05, 0.1) is 27.5 Å². The molecule has 216 valence electrons. The maximum Gasteiger partial charge on any atom is 0.0537 e. The molecule has 1 fully saturated rings. The van der Waals surface area contributed by atoms with Crippen LogP contribution in [0.5, 0.6) is 0 Å². The van der Waals surface area contributed by atoms with Gasteiger partial charge in [-0.3, -0.25) is 0 Å². The summed E-state index contributed by atoms with van der Waals surface area (Å²) in [5.74, 6) is 0. The van der Waals surface area contributed by atoms with Gasteiger partial charge in [-0.1, -0.05) is 0 Å². The van der Waals surface area contributed by atoms with E-state index in [1.54, 1.807) is 0 Å². The molecular formula is C18H36S18. The summed E-state index contributed by atoms with van der Waals surface area (Å²) >= 11 is 51.2. The molecule has 1 heterocycles. The van der Waals surface area contributed by atoms with Gasteiger partial charge in [0.25, 0.3) is 0 Å². The molecule has 0 bridgehead atoms. The highest BCUT2D eigenvalue weighted by molar-refractivity contribution is 8.33. The Morgan fingerprint density at radius 3 is 1.06 bits per heavy atom. The van der Waals surface area contributed by atoms with Crippen LogP contribution in [0.25, 0.3) is 0 Å². The molecule has 1 rings (SSSR count). The summed E-state index contributed by atoms with van der Waals surface area (Å²) in [5.41, 5.74) is 0. The lowest BCUT2D eigenvalue weighted by molar-refractivity contribution is 1.02. The quantitative estimate of drug-likeness (QED) is 0.0363. The van der Waals surface area contributed by atoms with E-state index in [-0.39, 0.29) is 0 Å². The molecular weight excluding hydrogens is 793 g/mol. The average molecular weight is 830 g/mol. The molecule has 2 unspecified atom stereocenters. The zero-order valence-electron chi connectivity index (χ0n) is 19.5. The molecule has 0 radical (unpaired) electrons. The fraction of sp³-hybridized carbons (Fsp3) is 1.00. The van der Waals surface area contributed by atoms with E-state index in [1.165, 1.54) is 24.3 Å². The molecule has 1 aliphatic heterocycles. The number of thioether (sulfide) groups is 12. The first-order valence-corrected chi connectivity index (χ1v) is 27.0. The largest absolute Gasteiger partial charge is 0.168 e. The molecule has 0 aromatic heterocycles. The zero-order valence-corrected chi connectivity index (χ0v) is 34.7. The minimum absolute atomic E-state index is 0.561. The van der Waals surface area contributed by atoms with Crippen molar-refractivity contribution in [3.05, 3.63) is 0 Å². The number of thiol groups is 6. The van der Waals surface area contributed by atoms with Crippen molar-refractivity contribution in [1.29, 1.82) is 0 Å². The highest BCUT2D eigenvalue weighted by atomic mass is 32.3. The lowest BCUT2D eigenvalue weighted by Crippen LogP contribution is -2.15. The smallest absolute Gasteiger partial charge is 0.0537 e. The highest BCUT2D eigenvalue weighted by Crippen LogP contribution is 2.47. The number of hydrogen-bond acceptors (Lipinski definition) is 18. The van der Waals surface area contributed by atoms with E-state index in [4.69, 9.17) is 0 Å². The molecule has 0 aliphatic carbocycles. The van der Waals surface area contributed by atoms with E-state index in [1.807, 2.05) is 70.6 Å². The maximum atomic E-state index is 4.51. The van der Waals surface area contributed by atoms with E-state index >= 15 is 0 Å². The van der Waals surface area contributed by atoms with Crippen molar-refractivity contribution in [2.45, 2.75) is 46.8 Å². The molecule has 2 atom stereocenters. The van der Waals surface area contributed by atoms with Crippen LogP contribution in [0.2, 0.25) is 0 Å². The molecule has 0 N–H and O–H groups in total. The van der Waals surface area contributed by atoms with E-state index in [9.17, 15) is 0 Å². The lowest BCUT2D eigenvalue weighted by atomic mass is 10.5. The summed E-state index contributed by atoms with van der Waals surface area (Å²) in [4.78, 5) is 0. The Balaban J connectivity index is 2.55. The van der Waals surface area contributed by atoms with Gasteiger partial charge < -0.3 is 0 Å². The molecule has 36 heavy (non-hydrogen) atoms. The summed E-state index contributed by atoms with van der Waals surface area (Å²) < 4.78 is 3.71. The van der Waals surface area contributed by atoms with Gasteiger partial charge in [-0.2, -0.15) is 75.8 Å². The first-order chi connectivity index (χ1) is 17.6. The van der Waals surface area contributed by atoms with Crippen LogP contribution < -0.4 is 0 Å². The molecule has 0 amide bonds. The van der Waals surface area contributed by atoms with Crippen molar-refractivity contribution in [2.24, 2.45) is 0 Å². The number of hydrogen-bond donors (Lipinski definition) is 6. The van der Waals surface area contributed by atoms with Gasteiger partial charge in [0.1, 0.15) is 0 Å². The predicted molar refractivity (Wildman–Crippen MR) is 225 cm³/mol. The Kier molecular flexibility index (Phi) is 32.2. The predicted octanol–water partition coefficient (Wildman–Crippen LogP) is 11.1. The van der Waals surface area contributed by atoms with Crippen LogP contribution in [-0.4, -0.2) is 73.3 Å². The van der Waals surface area contributed by atoms with E-state index in [0.717, 1.165) is 45.3 Å². The van der Waals surface area contributed by atoms with Crippen LogP contribution in [0, 0.1) is 0 Å². The third kappa shape index (κ3) is 21.1. The Bertz CT molecular complexity index is 439. The third-order valence-corrected chi connectivity index (χ3v) is 22.8. The van der Waals surface area contributed by atoms with Crippen LogP contribution in [0.1, 0.15) is 19.3 Å². The molecule has 0 spiro atoms. The second kappa shape index (κ2) is 28.8. The van der Waals surface area contributed by atoms with Crippen molar-refractivity contribution in [3.8, 4) is 0 Å². The van der Waals surface area contributed by atoms with E-state index in [2.05, 4.69) is 146 Å². The van der Waals surface area contributed by atoms with Gasteiger partial charge in [-0.25, -0.2) is 0 Å². The molecule has 0 aromatic rings. The molecule has 1 aliphatic rings. The Hall–Kier alpha value is 6.30. The van der Waals surface area contributed by atoms with E-state index < -0.39 is 0 Å². The maximum absolute atomic E-state index is 4.51. The number of rotatable bonds is 26. The van der Waals surface area contributed by atoms with Crippen molar-refractivity contribution in [3.63, 3.8) is 0 Å². The van der Waals surface area contributed by atoms with Crippen LogP contribution >= 0.6 is 217 Å². The fourth-order valence-electron chi connectivity index (χ4n) is 2.57. The summed E-state index contributed by atoms with van der Waals surface area (Å²) in [7, 11) is 0. The molecule has 0 saturated carbocycles. The van der Waals surface area contributed by atoms with Crippen molar-refractivity contribution >= 4 is 217 Å². The Morgan fingerprint density at radius 2 is 0.778 bits per heavy atom. The average Bonchev–Trinajstić information content (AvgIpc) is 2.81. The molecule has 18 heteroatoms. The fourth-order valence-corrected chi connectivity index (χ4v) is 23.6. The van der Waals surface area contributed by atoms with Crippen LogP contribution in [0.15, 0.2) is 0 Å². The highest BCUT2D eigenvalue weighted by Gasteiger charge is 2.26. The van der Waals surface area contributed by atoms with Crippen molar-refractivity contribution in [1.82, 2.24) is 0 Å². The van der Waals surface area contributed by atoms with Gasteiger partial charge >= 0.3 is 0 Å². The molecule has 0 aromatic carbocycles. The van der Waals surface area contributed by atoms with Gasteiger partial charge in [0.15, 0.2) is 0 Å². The third-order valence-electron chi connectivity index (χ3n) is 4.24. The summed E-state index contributed by atoms with van der Waals surface area (Å²) in [6.07, 6.45) is 3.64. The Labute approximate surface area is 304 Å². The zero-order chi connectivity index (χ0) is 26.4. The summed E-state index contributed by atoms with van der Waals surface area (Å²) in [5, 5.41) is 8.76. The molecule has 0 nitrogen and oxygen atoms in total. The molecule has 1 saturated heterocycles. The van der Waals surface area contributed by atoms with Gasteiger partial charge in [-0.05, 0) is 19.3 Å². The summed E-state index contributed by atoms with van der Waals surface area (Å²) in [6.45, 7) is 0. The first-order valence-electron chi connectivity index (χ1n) is 10.6. The van der Waals surface area contributed by atoms with Crippen LogP contribution in [0.3, 0.4) is 0 Å². The van der Waals surface area contributed by atoms with Crippen molar-refractivity contribution in [2.75, 3.05) is 45.8 Å². The first kappa shape index (κ1) is 40.3. The van der Waals surface area contributed by atoms with E-state index in [0.29, 0.717) is 22.9 Å². The standard InChI is InChI=1S/C18H36S18/c19-4-25-13(26-5-20)1-15(29-8-23)31-10-33-17(3-18-35-12-36-18)34-11-32-16(30-9-24)2-14(27-6-21)28-7-22/h13-24H,1-12H2. The summed E-state index contributed by atoms with van der Waals surface area (Å²) in [6, 6.07) is 0. The van der Waals surface area contributed by atoms with Crippen LogP contribution in [0.4, 0.5) is 0 Å².